The standard InChI is InChI=1S/C15H20N2O3S/c1-3-11-16-8(2)13(21-11)14(18)17-7-9-5-4-6-10(9)12(17)15(19)20/h9-10,12H,3-7H2,1-2H3,(H,19,20). The van der Waals surface area contributed by atoms with E-state index >= 15 is 0 Å². The molecule has 6 heteroatoms. The van der Waals surface area contributed by atoms with Crippen molar-refractivity contribution in [1.82, 2.24) is 9.88 Å². The second-order valence-electron chi connectivity index (χ2n) is 5.97. The first kappa shape index (κ1) is 14.5. The molecule has 1 aliphatic heterocycles. The predicted molar refractivity (Wildman–Crippen MR) is 79.5 cm³/mol. The van der Waals surface area contributed by atoms with Gasteiger partial charge in [0, 0.05) is 6.54 Å². The minimum atomic E-state index is -0.865. The average molecular weight is 308 g/mol. The van der Waals surface area contributed by atoms with Crippen molar-refractivity contribution in [2.45, 2.75) is 45.6 Å². The van der Waals surface area contributed by atoms with Crippen molar-refractivity contribution in [1.29, 1.82) is 0 Å². The van der Waals surface area contributed by atoms with E-state index in [1.165, 1.54) is 11.3 Å². The number of carbonyl (C=O) groups is 2. The van der Waals surface area contributed by atoms with Gasteiger partial charge in [-0.2, -0.15) is 0 Å². The van der Waals surface area contributed by atoms with Gasteiger partial charge >= 0.3 is 5.97 Å². The Bertz CT molecular complexity index is 583. The molecule has 0 aromatic carbocycles. The van der Waals surface area contributed by atoms with Crippen LogP contribution in [0.5, 0.6) is 0 Å². The van der Waals surface area contributed by atoms with Gasteiger partial charge in [-0.15, -0.1) is 11.3 Å². The van der Waals surface area contributed by atoms with Crippen molar-refractivity contribution < 1.29 is 14.7 Å². The first-order valence-corrected chi connectivity index (χ1v) is 8.34. The predicted octanol–water partition coefficient (Wildman–Crippen LogP) is 2.34. The number of hydrogen-bond acceptors (Lipinski definition) is 4. The van der Waals surface area contributed by atoms with Crippen LogP contribution in [0.1, 0.15) is 46.6 Å². The third-order valence-electron chi connectivity index (χ3n) is 4.74. The van der Waals surface area contributed by atoms with Crippen LogP contribution in [0.4, 0.5) is 0 Å². The Balaban J connectivity index is 1.89. The lowest BCUT2D eigenvalue weighted by molar-refractivity contribution is -0.142. The highest BCUT2D eigenvalue weighted by molar-refractivity contribution is 7.13. The van der Waals surface area contributed by atoms with Gasteiger partial charge in [0.1, 0.15) is 10.9 Å². The number of carbonyl (C=O) groups excluding carboxylic acids is 1. The van der Waals surface area contributed by atoms with E-state index < -0.39 is 12.0 Å². The van der Waals surface area contributed by atoms with E-state index in [1.54, 1.807) is 4.90 Å². The number of nitrogens with zero attached hydrogens (tertiary/aromatic N) is 2. The molecule has 5 nitrogen and oxygen atoms in total. The highest BCUT2D eigenvalue weighted by Gasteiger charge is 2.50. The average Bonchev–Trinajstić information content (AvgIpc) is 3.09. The van der Waals surface area contributed by atoms with Crippen LogP contribution in [0.25, 0.3) is 0 Å². The monoisotopic (exact) mass is 308 g/mol. The molecule has 21 heavy (non-hydrogen) atoms. The molecule has 2 heterocycles. The zero-order valence-corrected chi connectivity index (χ0v) is 13.2. The summed E-state index contributed by atoms with van der Waals surface area (Å²) < 4.78 is 0. The van der Waals surface area contributed by atoms with Crippen LogP contribution >= 0.6 is 11.3 Å². The first-order valence-electron chi connectivity index (χ1n) is 7.53. The number of aromatic nitrogens is 1. The SMILES string of the molecule is CCc1nc(C)c(C(=O)N2CC3CCCC3C2C(=O)O)s1. The molecular weight excluding hydrogens is 288 g/mol. The molecule has 3 unspecified atom stereocenters. The summed E-state index contributed by atoms with van der Waals surface area (Å²) in [6.45, 7) is 4.42. The molecule has 114 valence electrons. The van der Waals surface area contributed by atoms with E-state index in [1.807, 2.05) is 13.8 Å². The van der Waals surface area contributed by atoms with Gasteiger partial charge in [-0.3, -0.25) is 4.79 Å². The van der Waals surface area contributed by atoms with E-state index in [4.69, 9.17) is 0 Å². The number of fused-ring (bicyclic) bond motifs is 1. The van der Waals surface area contributed by atoms with Crippen LogP contribution in [-0.4, -0.2) is 39.5 Å². The smallest absolute Gasteiger partial charge is 0.326 e. The highest BCUT2D eigenvalue weighted by Crippen LogP contribution is 2.43. The molecule has 1 aromatic heterocycles. The van der Waals surface area contributed by atoms with Crippen molar-refractivity contribution in [3.63, 3.8) is 0 Å². The van der Waals surface area contributed by atoms with Gasteiger partial charge in [0.2, 0.25) is 0 Å². The van der Waals surface area contributed by atoms with Crippen molar-refractivity contribution in [3.8, 4) is 0 Å². The fraction of sp³-hybridized carbons (Fsp3) is 0.667. The maximum absolute atomic E-state index is 12.8. The first-order chi connectivity index (χ1) is 10.0. The normalized spacial score (nSPS) is 27.9. The molecule has 1 aliphatic carbocycles. The molecule has 0 bridgehead atoms. The summed E-state index contributed by atoms with van der Waals surface area (Å²) in [6, 6.07) is -0.656. The second-order valence-corrected chi connectivity index (χ2v) is 7.05. The maximum Gasteiger partial charge on any atom is 0.326 e. The van der Waals surface area contributed by atoms with Gasteiger partial charge in [-0.1, -0.05) is 13.3 Å². The molecule has 2 fully saturated rings. The summed E-state index contributed by atoms with van der Waals surface area (Å²) in [5.74, 6) is -0.527. The number of carboxylic acids is 1. The van der Waals surface area contributed by atoms with Crippen LogP contribution in [0, 0.1) is 18.8 Å². The van der Waals surface area contributed by atoms with Gasteiger partial charge in [0.15, 0.2) is 0 Å². The topological polar surface area (TPSA) is 70.5 Å². The highest BCUT2D eigenvalue weighted by atomic mass is 32.1. The Labute approximate surface area is 128 Å². The molecule has 1 amide bonds. The summed E-state index contributed by atoms with van der Waals surface area (Å²) >= 11 is 1.40. The molecule has 1 saturated heterocycles. The number of thiazole rings is 1. The molecule has 1 N–H and O–H groups in total. The van der Waals surface area contributed by atoms with Crippen LogP contribution in [-0.2, 0) is 11.2 Å². The Morgan fingerprint density at radius 2 is 2.19 bits per heavy atom. The zero-order chi connectivity index (χ0) is 15.1. The molecular formula is C15H20N2O3S. The summed E-state index contributed by atoms with van der Waals surface area (Å²) in [5.41, 5.74) is 0.725. The minimum absolute atomic E-state index is 0.130. The summed E-state index contributed by atoms with van der Waals surface area (Å²) in [7, 11) is 0. The number of hydrogen-bond donors (Lipinski definition) is 1. The molecule has 1 aromatic rings. The molecule has 2 aliphatic rings. The summed E-state index contributed by atoms with van der Waals surface area (Å²) in [5, 5.41) is 10.5. The largest absolute Gasteiger partial charge is 0.480 e. The lowest BCUT2D eigenvalue weighted by Crippen LogP contribution is -2.43. The van der Waals surface area contributed by atoms with Gasteiger partial charge in [-0.25, -0.2) is 9.78 Å². The zero-order valence-electron chi connectivity index (χ0n) is 12.3. The minimum Gasteiger partial charge on any atom is -0.480 e. The number of aliphatic carboxylic acids is 1. The molecule has 3 atom stereocenters. The molecule has 1 saturated carbocycles. The molecule has 3 rings (SSSR count). The van der Waals surface area contributed by atoms with Gasteiger partial charge in [0.05, 0.1) is 10.7 Å². The molecule has 0 radical (unpaired) electrons. The Morgan fingerprint density at radius 1 is 1.43 bits per heavy atom. The van der Waals surface area contributed by atoms with Crippen molar-refractivity contribution >= 4 is 23.2 Å². The Hall–Kier alpha value is -1.43. The molecule has 0 spiro atoms. The van der Waals surface area contributed by atoms with Crippen molar-refractivity contribution in [2.24, 2.45) is 11.8 Å². The van der Waals surface area contributed by atoms with Crippen LogP contribution in [0.3, 0.4) is 0 Å². The Kier molecular flexibility index (Phi) is 3.73. The fourth-order valence-electron chi connectivity index (χ4n) is 3.76. The second kappa shape index (κ2) is 5.40. The third kappa shape index (κ3) is 2.35. The van der Waals surface area contributed by atoms with Crippen LogP contribution in [0.2, 0.25) is 0 Å². The van der Waals surface area contributed by atoms with E-state index in [0.29, 0.717) is 17.3 Å². The van der Waals surface area contributed by atoms with Crippen molar-refractivity contribution in [2.75, 3.05) is 6.54 Å². The van der Waals surface area contributed by atoms with E-state index in [0.717, 1.165) is 36.4 Å². The maximum atomic E-state index is 12.8. The van der Waals surface area contributed by atoms with Crippen LogP contribution < -0.4 is 0 Å². The van der Waals surface area contributed by atoms with E-state index in [2.05, 4.69) is 4.98 Å². The summed E-state index contributed by atoms with van der Waals surface area (Å²) in [4.78, 5) is 31.0. The van der Waals surface area contributed by atoms with E-state index in [9.17, 15) is 14.7 Å². The Morgan fingerprint density at radius 3 is 2.81 bits per heavy atom. The quantitative estimate of drug-likeness (QED) is 0.930. The number of likely N-dealkylation sites (tertiary alicyclic amines) is 1. The number of aryl methyl sites for hydroxylation is 2. The number of carboxylic acid groups (broad SMARTS) is 1. The summed E-state index contributed by atoms with van der Waals surface area (Å²) in [6.07, 6.45) is 3.85. The van der Waals surface area contributed by atoms with Gasteiger partial charge < -0.3 is 10.0 Å². The third-order valence-corrected chi connectivity index (χ3v) is 6.03. The fourth-order valence-corrected chi connectivity index (χ4v) is 4.72. The van der Waals surface area contributed by atoms with Gasteiger partial charge in [0.25, 0.3) is 5.91 Å². The number of amides is 1. The van der Waals surface area contributed by atoms with E-state index in [-0.39, 0.29) is 11.8 Å². The lowest BCUT2D eigenvalue weighted by Gasteiger charge is -2.24. The lowest BCUT2D eigenvalue weighted by atomic mass is 9.94. The number of rotatable bonds is 3. The van der Waals surface area contributed by atoms with Crippen LogP contribution in [0.15, 0.2) is 0 Å². The van der Waals surface area contributed by atoms with Gasteiger partial charge in [-0.05, 0) is 38.0 Å². The van der Waals surface area contributed by atoms with Crippen molar-refractivity contribution in [3.05, 3.63) is 15.6 Å².